The Morgan fingerprint density at radius 1 is 1.26 bits per heavy atom. The molecule has 1 unspecified atom stereocenters. The maximum absolute atomic E-state index is 14.1. The SMILES string of the molecule is COc1nc(N)nc2c1ncn2[C@@H]1O[C@H](COP(=O)(C[C@@H](C)C(C)=O)Oc2ccccc2CCC(C)=O)[C@H](O)C1(Cl)Cl. The van der Waals surface area contributed by atoms with Gasteiger partial charge in [-0.25, -0.2) is 9.55 Å². The largest absolute Gasteiger partial charge is 0.479 e. The Kier molecular flexibility index (Phi) is 9.81. The molecule has 0 bridgehead atoms. The van der Waals surface area contributed by atoms with Crippen LogP contribution in [0.2, 0.25) is 0 Å². The van der Waals surface area contributed by atoms with E-state index in [-0.39, 0.29) is 52.9 Å². The number of para-hydroxylation sites is 1. The molecule has 0 saturated carbocycles. The number of aliphatic hydroxyl groups is 1. The molecule has 1 aliphatic rings. The van der Waals surface area contributed by atoms with E-state index in [1.807, 2.05) is 0 Å². The smallest absolute Gasteiger partial charge is 0.380 e. The van der Waals surface area contributed by atoms with E-state index in [1.165, 1.54) is 31.9 Å². The first kappa shape index (κ1) is 32.1. The van der Waals surface area contributed by atoms with Gasteiger partial charge in [0.1, 0.15) is 29.5 Å². The molecule has 0 amide bonds. The van der Waals surface area contributed by atoms with E-state index < -0.39 is 42.9 Å². The zero-order chi connectivity index (χ0) is 30.8. The molecular formula is C26H32Cl2N5O8P. The second kappa shape index (κ2) is 12.8. The number of methoxy groups -OCH3 is 1. The molecule has 0 spiro atoms. The van der Waals surface area contributed by atoms with E-state index in [1.54, 1.807) is 31.2 Å². The number of nitrogen functional groups attached to an aromatic ring is 1. The molecule has 4 rings (SSSR count). The number of rotatable bonds is 13. The van der Waals surface area contributed by atoms with Gasteiger partial charge in [-0.2, -0.15) is 9.97 Å². The maximum atomic E-state index is 14.1. The number of benzene rings is 1. The number of aryl methyl sites for hydroxylation is 1. The Hall–Kier alpha value is -2.80. The third-order valence-corrected chi connectivity index (χ3v) is 9.65. The summed E-state index contributed by atoms with van der Waals surface area (Å²) in [6, 6.07) is 6.82. The number of imidazole rings is 1. The quantitative estimate of drug-likeness (QED) is 0.203. The third kappa shape index (κ3) is 6.88. The number of Topliss-reactive ketones (excluding diaryl/α,β-unsaturated/α-hetero) is 2. The van der Waals surface area contributed by atoms with Crippen molar-refractivity contribution in [1.29, 1.82) is 0 Å². The summed E-state index contributed by atoms with van der Waals surface area (Å²) in [5.74, 6) is -0.626. The molecule has 228 valence electrons. The number of carbonyl (C=O) groups is 2. The zero-order valence-electron chi connectivity index (χ0n) is 23.4. The monoisotopic (exact) mass is 643 g/mol. The third-order valence-electron chi connectivity index (χ3n) is 6.82. The molecule has 0 aliphatic carbocycles. The van der Waals surface area contributed by atoms with Gasteiger partial charge >= 0.3 is 7.60 Å². The average molecular weight is 644 g/mol. The number of ether oxygens (including phenoxy) is 2. The summed E-state index contributed by atoms with van der Waals surface area (Å²) in [5, 5.41) is 11.0. The van der Waals surface area contributed by atoms with Gasteiger partial charge in [0.2, 0.25) is 11.8 Å². The highest BCUT2D eigenvalue weighted by Gasteiger charge is 2.56. The lowest BCUT2D eigenvalue weighted by molar-refractivity contribution is -0.120. The van der Waals surface area contributed by atoms with Crippen LogP contribution in [0.3, 0.4) is 0 Å². The molecular weight excluding hydrogens is 612 g/mol. The second-order valence-electron chi connectivity index (χ2n) is 10.1. The molecule has 1 fully saturated rings. The Balaban J connectivity index is 1.59. The van der Waals surface area contributed by atoms with Crippen molar-refractivity contribution >= 4 is 59.5 Å². The van der Waals surface area contributed by atoms with Gasteiger partial charge in [-0.05, 0) is 31.9 Å². The number of hydrogen-bond acceptors (Lipinski definition) is 12. The highest BCUT2D eigenvalue weighted by atomic mass is 35.5. The predicted octanol–water partition coefficient (Wildman–Crippen LogP) is 3.88. The lowest BCUT2D eigenvalue weighted by Gasteiger charge is -2.25. The van der Waals surface area contributed by atoms with Crippen molar-refractivity contribution in [2.75, 3.05) is 25.6 Å². The fourth-order valence-corrected chi connectivity index (χ4v) is 6.96. The van der Waals surface area contributed by atoms with Crippen LogP contribution in [0.5, 0.6) is 11.6 Å². The number of nitrogens with zero attached hydrogens (tertiary/aromatic N) is 4. The minimum Gasteiger partial charge on any atom is -0.479 e. The van der Waals surface area contributed by atoms with Crippen LogP contribution in [0.25, 0.3) is 11.2 Å². The minimum atomic E-state index is -4.04. The lowest BCUT2D eigenvalue weighted by atomic mass is 10.1. The first-order valence-corrected chi connectivity index (χ1v) is 15.5. The Labute approximate surface area is 252 Å². The van der Waals surface area contributed by atoms with Crippen LogP contribution >= 0.6 is 30.8 Å². The molecule has 1 aromatic carbocycles. The Morgan fingerprint density at radius 3 is 2.64 bits per heavy atom. The van der Waals surface area contributed by atoms with Crippen molar-refractivity contribution < 1.29 is 37.8 Å². The number of carbonyl (C=O) groups excluding carboxylic acids is 2. The number of aliphatic hydroxyl groups excluding tert-OH is 1. The van der Waals surface area contributed by atoms with Crippen molar-refractivity contribution in [3.05, 3.63) is 36.2 Å². The molecule has 0 radical (unpaired) electrons. The number of nitrogens with two attached hydrogens (primary N) is 1. The van der Waals surface area contributed by atoms with Crippen LogP contribution in [0.15, 0.2) is 30.6 Å². The van der Waals surface area contributed by atoms with Gasteiger partial charge in [-0.3, -0.25) is 13.9 Å². The molecule has 5 atom stereocenters. The summed E-state index contributed by atoms with van der Waals surface area (Å²) in [5.41, 5.74) is 6.90. The highest BCUT2D eigenvalue weighted by Crippen LogP contribution is 2.53. The van der Waals surface area contributed by atoms with Gasteiger partial charge < -0.3 is 29.6 Å². The fraction of sp³-hybridized carbons (Fsp3) is 0.500. The number of halogens is 2. The van der Waals surface area contributed by atoms with Gasteiger partial charge in [-0.15, -0.1) is 0 Å². The molecule has 16 heteroatoms. The van der Waals surface area contributed by atoms with E-state index in [0.29, 0.717) is 12.0 Å². The van der Waals surface area contributed by atoms with Crippen molar-refractivity contribution in [3.8, 4) is 11.6 Å². The van der Waals surface area contributed by atoms with Gasteiger partial charge in [-0.1, -0.05) is 48.3 Å². The van der Waals surface area contributed by atoms with Crippen LogP contribution < -0.4 is 15.0 Å². The van der Waals surface area contributed by atoms with Crippen molar-refractivity contribution in [2.45, 2.75) is 56.4 Å². The molecule has 3 aromatic rings. The first-order valence-electron chi connectivity index (χ1n) is 13.0. The second-order valence-corrected chi connectivity index (χ2v) is 13.5. The van der Waals surface area contributed by atoms with Gasteiger partial charge in [0.15, 0.2) is 21.7 Å². The van der Waals surface area contributed by atoms with E-state index in [2.05, 4.69) is 15.0 Å². The number of anilines is 1. The summed E-state index contributed by atoms with van der Waals surface area (Å²) in [4.78, 5) is 36.0. The van der Waals surface area contributed by atoms with Gasteiger partial charge in [0.25, 0.3) is 0 Å². The van der Waals surface area contributed by atoms with Crippen molar-refractivity contribution in [3.63, 3.8) is 0 Å². The summed E-state index contributed by atoms with van der Waals surface area (Å²) in [7, 11) is -2.64. The van der Waals surface area contributed by atoms with E-state index in [0.717, 1.165) is 0 Å². The molecule has 1 aliphatic heterocycles. The number of alkyl halides is 2. The van der Waals surface area contributed by atoms with Gasteiger partial charge in [0.05, 0.1) is 26.2 Å². The van der Waals surface area contributed by atoms with Crippen LogP contribution in [-0.2, 0) is 29.8 Å². The summed E-state index contributed by atoms with van der Waals surface area (Å²) in [6.45, 7) is 4.00. The standard InChI is InChI=1S/C26H32Cl2N5O8P/c1-14(16(3)35)12-42(37,41-18-8-6-5-7-17(18)10-9-15(2)34)39-11-19-21(36)26(27,28)24(40-19)33-13-30-20-22(33)31-25(29)32-23(20)38-4/h5-8,13-14,19,21,24,36H,9-12H2,1-4H3,(H2,29,31,32)/t14-,19-,21+,24-,42?/m1/s1. The average Bonchev–Trinajstić information content (AvgIpc) is 3.43. The fourth-order valence-electron chi connectivity index (χ4n) is 4.35. The predicted molar refractivity (Wildman–Crippen MR) is 155 cm³/mol. The minimum absolute atomic E-state index is 0.0136. The van der Waals surface area contributed by atoms with Crippen molar-refractivity contribution in [2.24, 2.45) is 5.92 Å². The molecule has 3 heterocycles. The van der Waals surface area contributed by atoms with E-state index >= 15 is 0 Å². The van der Waals surface area contributed by atoms with E-state index in [9.17, 15) is 19.3 Å². The number of aromatic nitrogens is 4. The maximum Gasteiger partial charge on any atom is 0.380 e. The van der Waals surface area contributed by atoms with Gasteiger partial charge in [0, 0.05) is 12.3 Å². The van der Waals surface area contributed by atoms with Crippen molar-refractivity contribution in [1.82, 2.24) is 19.5 Å². The topological polar surface area (TPSA) is 178 Å². The zero-order valence-corrected chi connectivity index (χ0v) is 25.8. The molecule has 13 nitrogen and oxygen atoms in total. The summed E-state index contributed by atoms with van der Waals surface area (Å²) >= 11 is 13.2. The lowest BCUT2D eigenvalue weighted by Crippen LogP contribution is -2.38. The number of hydrogen-bond donors (Lipinski definition) is 2. The summed E-state index contributed by atoms with van der Waals surface area (Å²) < 4.78 is 36.5. The molecule has 3 N–H and O–H groups in total. The summed E-state index contributed by atoms with van der Waals surface area (Å²) in [6.07, 6.45) is -2.22. The first-order chi connectivity index (χ1) is 19.8. The van der Waals surface area contributed by atoms with Crippen LogP contribution in [0.1, 0.15) is 39.0 Å². The molecule has 2 aromatic heterocycles. The molecule has 42 heavy (non-hydrogen) atoms. The number of fused-ring (bicyclic) bond motifs is 1. The van der Waals surface area contributed by atoms with Crippen LogP contribution in [0.4, 0.5) is 5.95 Å². The molecule has 1 saturated heterocycles. The Bertz CT molecular complexity index is 1520. The van der Waals surface area contributed by atoms with Crippen LogP contribution in [-0.4, -0.2) is 72.6 Å². The van der Waals surface area contributed by atoms with E-state index in [4.69, 9.17) is 47.5 Å². The van der Waals surface area contributed by atoms with Crippen LogP contribution in [0, 0.1) is 5.92 Å². The highest BCUT2D eigenvalue weighted by molar-refractivity contribution is 7.54. The Morgan fingerprint density at radius 2 is 1.98 bits per heavy atom. The number of ketones is 2. The normalized spacial score (nSPS) is 22.0.